The molecular weight excluding hydrogens is 394 g/mol. The van der Waals surface area contributed by atoms with Crippen molar-refractivity contribution in [2.75, 3.05) is 18.0 Å². The minimum Gasteiger partial charge on any atom is -0.351 e. The highest BCUT2D eigenvalue weighted by atomic mass is 16.6. The van der Waals surface area contributed by atoms with E-state index < -0.39 is 4.92 Å². The molecule has 3 heterocycles. The van der Waals surface area contributed by atoms with Crippen LogP contribution in [0.4, 0.5) is 11.5 Å². The Bertz CT molecular complexity index is 1220. The number of nitro groups is 1. The molecule has 2 aromatic carbocycles. The number of anilines is 1. The average Bonchev–Trinajstić information content (AvgIpc) is 3.24. The molecule has 31 heavy (non-hydrogen) atoms. The molecule has 0 N–H and O–H groups in total. The first-order chi connectivity index (χ1) is 15.2. The van der Waals surface area contributed by atoms with Crippen LogP contribution in [0.3, 0.4) is 0 Å². The number of rotatable bonds is 5. The van der Waals surface area contributed by atoms with Crippen molar-refractivity contribution in [2.24, 2.45) is 5.92 Å². The molecule has 1 fully saturated rings. The van der Waals surface area contributed by atoms with Gasteiger partial charge in [0.15, 0.2) is 0 Å². The molecule has 0 amide bonds. The quantitative estimate of drug-likeness (QED) is 0.362. The summed E-state index contributed by atoms with van der Waals surface area (Å²) in [6.45, 7) is 1.43. The minimum absolute atomic E-state index is 0.134. The molecule has 1 aliphatic rings. The van der Waals surface area contributed by atoms with Gasteiger partial charge in [0.25, 0.3) is 0 Å². The van der Waals surface area contributed by atoms with Crippen molar-refractivity contribution in [3.63, 3.8) is 0 Å². The molecule has 5 rings (SSSR count). The van der Waals surface area contributed by atoms with Gasteiger partial charge in [0.2, 0.25) is 11.6 Å². The van der Waals surface area contributed by atoms with Gasteiger partial charge in [-0.1, -0.05) is 47.7 Å². The lowest BCUT2D eigenvalue weighted by atomic mass is 9.90. The van der Waals surface area contributed by atoms with Gasteiger partial charge in [0.1, 0.15) is 11.8 Å². The molecular formula is C22H21N7O2. The van der Waals surface area contributed by atoms with E-state index in [0.29, 0.717) is 35.9 Å². The number of piperidine rings is 1. The Kier molecular flexibility index (Phi) is 4.99. The third-order valence-corrected chi connectivity index (χ3v) is 5.80. The van der Waals surface area contributed by atoms with Crippen LogP contribution in [0.25, 0.3) is 16.9 Å². The topological polar surface area (TPSA) is 103 Å². The third-order valence-electron chi connectivity index (χ3n) is 5.80. The zero-order valence-electron chi connectivity index (χ0n) is 16.8. The number of hydrogen-bond acceptors (Lipinski definition) is 7. The zero-order valence-corrected chi connectivity index (χ0v) is 16.8. The first-order valence-corrected chi connectivity index (χ1v) is 10.3. The van der Waals surface area contributed by atoms with Crippen molar-refractivity contribution in [3.8, 4) is 5.82 Å². The highest BCUT2D eigenvalue weighted by molar-refractivity contribution is 5.77. The summed E-state index contributed by atoms with van der Waals surface area (Å²) < 4.78 is 1.42. The van der Waals surface area contributed by atoms with E-state index in [1.54, 1.807) is 0 Å². The fourth-order valence-electron chi connectivity index (χ4n) is 4.23. The summed E-state index contributed by atoms with van der Waals surface area (Å²) in [5, 5.41) is 20.3. The highest BCUT2D eigenvalue weighted by Gasteiger charge is 2.31. The zero-order chi connectivity index (χ0) is 21.2. The lowest BCUT2D eigenvalue weighted by Gasteiger charge is -2.32. The summed E-state index contributed by atoms with van der Waals surface area (Å²) in [5.74, 6) is 1.03. The summed E-state index contributed by atoms with van der Waals surface area (Å²) >= 11 is 0. The minimum atomic E-state index is -0.419. The Hall–Kier alpha value is -3.88. The van der Waals surface area contributed by atoms with Crippen LogP contribution in [-0.2, 0) is 6.42 Å². The summed E-state index contributed by atoms with van der Waals surface area (Å²) in [5.41, 5.74) is 2.50. The van der Waals surface area contributed by atoms with Crippen LogP contribution in [-0.4, -0.2) is 43.0 Å². The first kappa shape index (κ1) is 19.1. The fourth-order valence-corrected chi connectivity index (χ4v) is 4.23. The second-order valence-corrected chi connectivity index (χ2v) is 7.74. The van der Waals surface area contributed by atoms with E-state index in [9.17, 15) is 10.1 Å². The Balaban J connectivity index is 1.43. The van der Waals surface area contributed by atoms with E-state index in [0.717, 1.165) is 19.3 Å². The van der Waals surface area contributed by atoms with Gasteiger partial charge < -0.3 is 4.90 Å². The van der Waals surface area contributed by atoms with Gasteiger partial charge in [-0.2, -0.15) is 4.68 Å². The predicted octanol–water partition coefficient (Wildman–Crippen LogP) is 3.58. The molecule has 0 aliphatic carbocycles. The monoisotopic (exact) mass is 415 g/mol. The Morgan fingerprint density at radius 3 is 2.45 bits per heavy atom. The van der Waals surface area contributed by atoms with E-state index in [2.05, 4.69) is 44.5 Å². The van der Waals surface area contributed by atoms with Crippen LogP contribution in [0.15, 0.2) is 60.9 Å². The van der Waals surface area contributed by atoms with Crippen molar-refractivity contribution in [2.45, 2.75) is 19.3 Å². The maximum atomic E-state index is 12.1. The van der Waals surface area contributed by atoms with Gasteiger partial charge in [-0.3, -0.25) is 10.1 Å². The van der Waals surface area contributed by atoms with Crippen molar-refractivity contribution < 1.29 is 4.92 Å². The fraction of sp³-hybridized carbons (Fsp3) is 0.273. The number of aromatic nitrogens is 5. The lowest BCUT2D eigenvalue weighted by Crippen LogP contribution is -2.35. The maximum Gasteiger partial charge on any atom is 0.355 e. The SMILES string of the molecule is O=[N+]([O-])c1c(N2CCC(Cc3ccccc3)CC2)ncnc1-n1nnc2ccccc21. The molecule has 0 saturated carbocycles. The summed E-state index contributed by atoms with van der Waals surface area (Å²) in [7, 11) is 0. The van der Waals surface area contributed by atoms with Crippen molar-refractivity contribution in [1.29, 1.82) is 0 Å². The van der Waals surface area contributed by atoms with Gasteiger partial charge in [0, 0.05) is 13.1 Å². The van der Waals surface area contributed by atoms with E-state index in [4.69, 9.17) is 0 Å². The third kappa shape index (κ3) is 3.70. The first-order valence-electron chi connectivity index (χ1n) is 10.3. The van der Waals surface area contributed by atoms with Crippen LogP contribution in [0.2, 0.25) is 0 Å². The molecule has 9 nitrogen and oxygen atoms in total. The van der Waals surface area contributed by atoms with E-state index in [1.807, 2.05) is 35.2 Å². The highest BCUT2D eigenvalue weighted by Crippen LogP contribution is 2.34. The number of fused-ring (bicyclic) bond motifs is 1. The lowest BCUT2D eigenvalue weighted by molar-refractivity contribution is -0.384. The molecule has 0 spiro atoms. The largest absolute Gasteiger partial charge is 0.355 e. The normalized spacial score (nSPS) is 14.8. The van der Waals surface area contributed by atoms with E-state index >= 15 is 0 Å². The van der Waals surface area contributed by atoms with E-state index in [-0.39, 0.29) is 11.5 Å². The van der Waals surface area contributed by atoms with Crippen molar-refractivity contribution >= 4 is 22.5 Å². The standard InChI is InChI=1S/C22H21N7O2/c30-29(31)20-21(27-12-10-17(11-13-27)14-16-6-2-1-3-7-16)23-15-24-22(20)28-19-9-5-4-8-18(19)25-26-28/h1-9,15,17H,10-14H2. The van der Waals surface area contributed by atoms with Crippen LogP contribution in [0, 0.1) is 16.0 Å². The maximum absolute atomic E-state index is 12.1. The summed E-state index contributed by atoms with van der Waals surface area (Å²) in [6, 6.07) is 17.8. The molecule has 0 radical (unpaired) electrons. The van der Waals surface area contributed by atoms with Gasteiger partial charge in [-0.05, 0) is 42.9 Å². The van der Waals surface area contributed by atoms with E-state index in [1.165, 1.54) is 16.6 Å². The van der Waals surface area contributed by atoms with Crippen LogP contribution < -0.4 is 4.90 Å². The Morgan fingerprint density at radius 2 is 1.68 bits per heavy atom. The van der Waals surface area contributed by atoms with Gasteiger partial charge in [-0.15, -0.1) is 5.10 Å². The molecule has 1 saturated heterocycles. The molecule has 1 aliphatic heterocycles. The number of para-hydroxylation sites is 1. The van der Waals surface area contributed by atoms with Gasteiger partial charge >= 0.3 is 5.69 Å². The molecule has 156 valence electrons. The molecule has 0 atom stereocenters. The summed E-state index contributed by atoms with van der Waals surface area (Å²) in [4.78, 5) is 22.1. The van der Waals surface area contributed by atoms with Gasteiger partial charge in [-0.25, -0.2) is 9.97 Å². The molecule has 0 bridgehead atoms. The number of nitrogens with zero attached hydrogens (tertiary/aromatic N) is 7. The number of hydrogen-bond donors (Lipinski definition) is 0. The van der Waals surface area contributed by atoms with Crippen LogP contribution in [0.5, 0.6) is 0 Å². The Labute approximate surface area is 178 Å². The van der Waals surface area contributed by atoms with Crippen LogP contribution >= 0.6 is 0 Å². The van der Waals surface area contributed by atoms with Crippen molar-refractivity contribution in [3.05, 3.63) is 76.6 Å². The van der Waals surface area contributed by atoms with Gasteiger partial charge in [0.05, 0.1) is 10.4 Å². The number of benzene rings is 2. The smallest absolute Gasteiger partial charge is 0.351 e. The summed E-state index contributed by atoms with van der Waals surface area (Å²) in [6.07, 6.45) is 4.30. The molecule has 4 aromatic rings. The van der Waals surface area contributed by atoms with Crippen molar-refractivity contribution in [1.82, 2.24) is 25.0 Å². The Morgan fingerprint density at radius 1 is 0.968 bits per heavy atom. The molecule has 0 unspecified atom stereocenters. The second kappa shape index (κ2) is 8.10. The predicted molar refractivity (Wildman–Crippen MR) is 116 cm³/mol. The van der Waals surface area contributed by atoms with Crippen LogP contribution in [0.1, 0.15) is 18.4 Å². The molecule has 2 aromatic heterocycles. The molecule has 9 heteroatoms. The second-order valence-electron chi connectivity index (χ2n) is 7.74. The average molecular weight is 415 g/mol.